The van der Waals surface area contributed by atoms with Crippen LogP contribution in [0.2, 0.25) is 0 Å². The molecule has 1 rings (SSSR count). The molecule has 0 saturated heterocycles. The van der Waals surface area contributed by atoms with E-state index >= 15 is 0 Å². The van der Waals surface area contributed by atoms with Crippen molar-refractivity contribution in [3.05, 3.63) is 23.9 Å². The Balaban J connectivity index is 2.63. The van der Waals surface area contributed by atoms with Gasteiger partial charge in [-0.25, -0.2) is 4.98 Å². The highest BCUT2D eigenvalue weighted by Crippen LogP contribution is 2.14. The van der Waals surface area contributed by atoms with Gasteiger partial charge in [0.25, 0.3) is 0 Å². The second kappa shape index (κ2) is 5.46. The zero-order valence-corrected chi connectivity index (χ0v) is 9.36. The Hall–Kier alpha value is -1.42. The van der Waals surface area contributed by atoms with Gasteiger partial charge in [-0.1, -0.05) is 0 Å². The van der Waals surface area contributed by atoms with Crippen LogP contribution in [0.3, 0.4) is 0 Å². The summed E-state index contributed by atoms with van der Waals surface area (Å²) in [5, 5.41) is 0. The summed E-state index contributed by atoms with van der Waals surface area (Å²) in [6.45, 7) is 2.84. The van der Waals surface area contributed by atoms with Crippen LogP contribution in [0.4, 0.5) is 0 Å². The summed E-state index contributed by atoms with van der Waals surface area (Å²) in [6.07, 6.45) is 1.62. The first-order valence-corrected chi connectivity index (χ1v) is 4.84. The van der Waals surface area contributed by atoms with Gasteiger partial charge in [0.1, 0.15) is 6.61 Å². The van der Waals surface area contributed by atoms with E-state index in [4.69, 9.17) is 4.74 Å². The molecule has 1 aromatic heterocycles. The van der Waals surface area contributed by atoms with Gasteiger partial charge >= 0.3 is 0 Å². The predicted octanol–water partition coefficient (Wildman–Crippen LogP) is 1.22. The van der Waals surface area contributed by atoms with Crippen molar-refractivity contribution in [2.24, 2.45) is 0 Å². The van der Waals surface area contributed by atoms with Crippen LogP contribution < -0.4 is 4.74 Å². The van der Waals surface area contributed by atoms with E-state index < -0.39 is 0 Å². The number of aromatic nitrogens is 1. The van der Waals surface area contributed by atoms with Crippen LogP contribution in [0.5, 0.6) is 5.88 Å². The number of carbonyl (C=O) groups excluding carboxylic acids is 1. The van der Waals surface area contributed by atoms with Crippen LogP contribution >= 0.6 is 0 Å². The molecule has 4 nitrogen and oxygen atoms in total. The molecular formula is C11H16N2O2. The summed E-state index contributed by atoms with van der Waals surface area (Å²) < 4.78 is 5.44. The van der Waals surface area contributed by atoms with E-state index in [2.05, 4.69) is 4.98 Å². The number of nitrogens with zero attached hydrogens (tertiary/aromatic N) is 2. The number of ether oxygens (including phenoxy) is 1. The molecule has 82 valence electrons. The van der Waals surface area contributed by atoms with Crippen molar-refractivity contribution in [3.63, 3.8) is 0 Å². The number of hydrogen-bond donors (Lipinski definition) is 0. The maximum Gasteiger partial charge on any atom is 0.224 e. The minimum Gasteiger partial charge on any atom is -0.476 e. The number of Topliss-reactive ketones (excluding diaryl/α,β-unsaturated/α-hetero) is 1. The van der Waals surface area contributed by atoms with Crippen molar-refractivity contribution < 1.29 is 9.53 Å². The number of hydrogen-bond acceptors (Lipinski definition) is 4. The van der Waals surface area contributed by atoms with E-state index in [9.17, 15) is 4.79 Å². The van der Waals surface area contributed by atoms with Crippen molar-refractivity contribution in [1.82, 2.24) is 9.88 Å². The minimum absolute atomic E-state index is 0.0250. The fraction of sp³-hybridized carbons (Fsp3) is 0.455. The van der Waals surface area contributed by atoms with Gasteiger partial charge in [-0.2, -0.15) is 0 Å². The summed E-state index contributed by atoms with van der Waals surface area (Å²) in [5.74, 6) is 0.398. The van der Waals surface area contributed by atoms with Gasteiger partial charge in [-0.15, -0.1) is 0 Å². The summed E-state index contributed by atoms with van der Waals surface area (Å²) >= 11 is 0. The molecule has 0 amide bonds. The Kier molecular flexibility index (Phi) is 4.24. The lowest BCUT2D eigenvalue weighted by atomic mass is 10.2. The van der Waals surface area contributed by atoms with Crippen molar-refractivity contribution in [2.45, 2.75) is 6.92 Å². The molecule has 0 N–H and O–H groups in total. The van der Waals surface area contributed by atoms with Gasteiger partial charge in [0.15, 0.2) is 5.78 Å². The van der Waals surface area contributed by atoms with E-state index in [1.165, 1.54) is 6.92 Å². The SMILES string of the molecule is CC(=O)c1cccnc1OCCN(C)C. The van der Waals surface area contributed by atoms with E-state index in [-0.39, 0.29) is 5.78 Å². The van der Waals surface area contributed by atoms with Crippen LogP contribution in [-0.2, 0) is 0 Å². The fourth-order valence-corrected chi connectivity index (χ4v) is 1.10. The van der Waals surface area contributed by atoms with Gasteiger partial charge in [0.05, 0.1) is 5.56 Å². The molecule has 0 unspecified atom stereocenters. The van der Waals surface area contributed by atoms with Crippen LogP contribution in [-0.4, -0.2) is 42.9 Å². The third-order valence-corrected chi connectivity index (χ3v) is 1.93. The molecule has 4 heteroatoms. The van der Waals surface area contributed by atoms with Crippen molar-refractivity contribution in [1.29, 1.82) is 0 Å². The van der Waals surface area contributed by atoms with Crippen molar-refractivity contribution in [2.75, 3.05) is 27.2 Å². The van der Waals surface area contributed by atoms with E-state index in [1.54, 1.807) is 18.3 Å². The Morgan fingerprint density at radius 2 is 2.27 bits per heavy atom. The average molecular weight is 208 g/mol. The van der Waals surface area contributed by atoms with Gasteiger partial charge in [-0.05, 0) is 33.2 Å². The van der Waals surface area contributed by atoms with Gasteiger partial charge in [0, 0.05) is 12.7 Å². The lowest BCUT2D eigenvalue weighted by molar-refractivity contribution is 0.101. The molecule has 0 bridgehead atoms. The lowest BCUT2D eigenvalue weighted by Gasteiger charge is -2.11. The molecule has 0 saturated carbocycles. The quantitative estimate of drug-likeness (QED) is 0.682. The molecule has 1 aromatic rings. The van der Waals surface area contributed by atoms with E-state index in [0.29, 0.717) is 18.1 Å². The molecule has 0 radical (unpaired) electrons. The zero-order valence-electron chi connectivity index (χ0n) is 9.36. The van der Waals surface area contributed by atoms with Crippen LogP contribution in [0.1, 0.15) is 17.3 Å². The number of pyridine rings is 1. The number of likely N-dealkylation sites (N-methyl/N-ethyl adjacent to an activating group) is 1. The van der Waals surface area contributed by atoms with Crippen LogP contribution in [0, 0.1) is 0 Å². The topological polar surface area (TPSA) is 42.4 Å². The summed E-state index contributed by atoms with van der Waals surface area (Å²) in [4.78, 5) is 17.3. The number of carbonyl (C=O) groups is 1. The maximum atomic E-state index is 11.2. The molecule has 0 aliphatic carbocycles. The Morgan fingerprint density at radius 1 is 1.53 bits per heavy atom. The molecule has 0 atom stereocenters. The normalized spacial score (nSPS) is 10.4. The molecule has 0 spiro atoms. The number of ketones is 1. The molecular weight excluding hydrogens is 192 g/mol. The maximum absolute atomic E-state index is 11.2. The largest absolute Gasteiger partial charge is 0.476 e. The number of rotatable bonds is 5. The molecule has 0 aliphatic heterocycles. The first kappa shape index (κ1) is 11.7. The van der Waals surface area contributed by atoms with E-state index in [1.807, 2.05) is 19.0 Å². The monoisotopic (exact) mass is 208 g/mol. The Morgan fingerprint density at radius 3 is 2.87 bits per heavy atom. The first-order chi connectivity index (χ1) is 7.11. The Labute approximate surface area is 89.9 Å². The van der Waals surface area contributed by atoms with Crippen LogP contribution in [0.25, 0.3) is 0 Å². The highest BCUT2D eigenvalue weighted by molar-refractivity contribution is 5.96. The second-order valence-corrected chi connectivity index (χ2v) is 3.56. The van der Waals surface area contributed by atoms with E-state index in [0.717, 1.165) is 6.54 Å². The fourth-order valence-electron chi connectivity index (χ4n) is 1.10. The summed E-state index contributed by atoms with van der Waals surface area (Å²) in [7, 11) is 3.93. The van der Waals surface area contributed by atoms with Crippen molar-refractivity contribution in [3.8, 4) is 5.88 Å². The van der Waals surface area contributed by atoms with Crippen molar-refractivity contribution >= 4 is 5.78 Å². The molecule has 15 heavy (non-hydrogen) atoms. The zero-order chi connectivity index (χ0) is 11.3. The highest BCUT2D eigenvalue weighted by Gasteiger charge is 2.08. The summed E-state index contributed by atoms with van der Waals surface area (Å²) in [6, 6.07) is 3.45. The van der Waals surface area contributed by atoms with Crippen LogP contribution in [0.15, 0.2) is 18.3 Å². The smallest absolute Gasteiger partial charge is 0.224 e. The average Bonchev–Trinajstić information content (AvgIpc) is 2.17. The van der Waals surface area contributed by atoms with Gasteiger partial charge < -0.3 is 9.64 Å². The molecule has 0 fully saturated rings. The first-order valence-electron chi connectivity index (χ1n) is 4.84. The third kappa shape index (κ3) is 3.67. The lowest BCUT2D eigenvalue weighted by Crippen LogP contribution is -2.20. The summed E-state index contributed by atoms with van der Waals surface area (Å²) in [5.41, 5.74) is 0.538. The molecule has 0 aromatic carbocycles. The predicted molar refractivity (Wildman–Crippen MR) is 58.3 cm³/mol. The Bertz CT molecular complexity index is 337. The standard InChI is InChI=1S/C11H16N2O2/c1-9(14)10-5-4-6-12-11(10)15-8-7-13(2)3/h4-6H,7-8H2,1-3H3. The molecule has 0 aliphatic rings. The molecule has 1 heterocycles. The van der Waals surface area contributed by atoms with Gasteiger partial charge in [-0.3, -0.25) is 4.79 Å². The highest BCUT2D eigenvalue weighted by atomic mass is 16.5. The minimum atomic E-state index is -0.0250. The van der Waals surface area contributed by atoms with Gasteiger partial charge in [0.2, 0.25) is 5.88 Å². The third-order valence-electron chi connectivity index (χ3n) is 1.93. The second-order valence-electron chi connectivity index (χ2n) is 3.56.